The van der Waals surface area contributed by atoms with Crippen molar-refractivity contribution in [2.24, 2.45) is 0 Å². The van der Waals surface area contributed by atoms with E-state index in [9.17, 15) is 5.11 Å². The molecular weight excluding hydrogens is 282 g/mol. The van der Waals surface area contributed by atoms with Crippen LogP contribution in [0.25, 0.3) is 10.4 Å². The summed E-state index contributed by atoms with van der Waals surface area (Å²) in [7, 11) is 0. The summed E-state index contributed by atoms with van der Waals surface area (Å²) in [5, 5.41) is 10.6. The molecule has 0 saturated carbocycles. The van der Waals surface area contributed by atoms with Gasteiger partial charge < -0.3 is 10.0 Å². The van der Waals surface area contributed by atoms with E-state index in [1.165, 1.54) is 10.4 Å². The van der Waals surface area contributed by atoms with E-state index in [0.29, 0.717) is 0 Å². The normalized spacial score (nSPS) is 17.9. The van der Waals surface area contributed by atoms with E-state index in [4.69, 9.17) is 0 Å². The Morgan fingerprint density at radius 3 is 2.57 bits per heavy atom. The maximum Gasteiger partial charge on any atom is 0.185 e. The number of anilines is 1. The Kier molecular flexibility index (Phi) is 4.53. The number of aromatic nitrogens is 1. The molecule has 0 aliphatic carbocycles. The third kappa shape index (κ3) is 3.61. The lowest BCUT2D eigenvalue weighted by Gasteiger charge is -2.35. The molecule has 1 atom stereocenters. The molecule has 4 nitrogen and oxygen atoms in total. The first-order chi connectivity index (χ1) is 10.2. The fourth-order valence-corrected chi connectivity index (χ4v) is 3.62. The standard InChI is InChI=1S/C16H21N3OS/c1-13(20)12-18-7-9-19(10-8-18)16-17-11-15(21-16)14-5-3-2-4-6-14/h2-6,11,13,20H,7-10,12H2,1H3/t13-/m1/s1. The van der Waals surface area contributed by atoms with Crippen molar-refractivity contribution >= 4 is 16.5 Å². The second-order valence-corrected chi connectivity index (χ2v) is 6.52. The van der Waals surface area contributed by atoms with Crippen molar-refractivity contribution in [3.63, 3.8) is 0 Å². The van der Waals surface area contributed by atoms with Crippen molar-refractivity contribution in [2.45, 2.75) is 13.0 Å². The lowest BCUT2D eigenvalue weighted by atomic mass is 10.2. The third-order valence-corrected chi connectivity index (χ3v) is 4.82. The predicted molar refractivity (Wildman–Crippen MR) is 87.9 cm³/mol. The maximum absolute atomic E-state index is 9.45. The average Bonchev–Trinajstić information content (AvgIpc) is 2.98. The van der Waals surface area contributed by atoms with E-state index < -0.39 is 0 Å². The zero-order valence-corrected chi connectivity index (χ0v) is 13.1. The van der Waals surface area contributed by atoms with Gasteiger partial charge in [0.2, 0.25) is 0 Å². The summed E-state index contributed by atoms with van der Waals surface area (Å²) in [5.74, 6) is 0. The number of aliphatic hydroxyl groups is 1. The van der Waals surface area contributed by atoms with Crippen LogP contribution in [0.5, 0.6) is 0 Å². The number of aliphatic hydroxyl groups excluding tert-OH is 1. The highest BCUT2D eigenvalue weighted by atomic mass is 32.1. The smallest absolute Gasteiger partial charge is 0.185 e. The van der Waals surface area contributed by atoms with E-state index in [0.717, 1.165) is 37.9 Å². The molecule has 1 aromatic heterocycles. The molecule has 1 fully saturated rings. The molecule has 0 radical (unpaired) electrons. The first-order valence-corrected chi connectivity index (χ1v) is 8.20. The fourth-order valence-electron chi connectivity index (χ4n) is 2.64. The largest absolute Gasteiger partial charge is 0.392 e. The molecule has 0 unspecified atom stereocenters. The second kappa shape index (κ2) is 6.56. The van der Waals surface area contributed by atoms with Crippen LogP contribution < -0.4 is 4.90 Å². The first kappa shape index (κ1) is 14.5. The SMILES string of the molecule is C[C@@H](O)CN1CCN(c2ncc(-c3ccccc3)s2)CC1. The van der Waals surface area contributed by atoms with Crippen LogP contribution in [0.1, 0.15) is 6.92 Å². The van der Waals surface area contributed by atoms with Gasteiger partial charge in [-0.3, -0.25) is 4.90 Å². The minimum Gasteiger partial charge on any atom is -0.392 e. The summed E-state index contributed by atoms with van der Waals surface area (Å²) in [6, 6.07) is 10.4. The molecule has 0 bridgehead atoms. The summed E-state index contributed by atoms with van der Waals surface area (Å²) >= 11 is 1.75. The van der Waals surface area contributed by atoms with Gasteiger partial charge in [-0.05, 0) is 12.5 Å². The molecule has 0 spiro atoms. The highest BCUT2D eigenvalue weighted by Gasteiger charge is 2.20. The Bertz CT molecular complexity index is 562. The Morgan fingerprint density at radius 1 is 1.19 bits per heavy atom. The predicted octanol–water partition coefficient (Wildman–Crippen LogP) is 2.31. The van der Waals surface area contributed by atoms with Crippen molar-refractivity contribution in [3.8, 4) is 10.4 Å². The molecular formula is C16H21N3OS. The number of nitrogens with zero attached hydrogens (tertiary/aromatic N) is 3. The van der Waals surface area contributed by atoms with Gasteiger partial charge in [-0.15, -0.1) is 0 Å². The summed E-state index contributed by atoms with van der Waals surface area (Å²) in [5.41, 5.74) is 1.23. The number of β-amino-alcohol motifs (C(OH)–C–C–N with tert-alkyl or cyclic N) is 1. The molecule has 0 amide bonds. The van der Waals surface area contributed by atoms with Crippen molar-refractivity contribution in [2.75, 3.05) is 37.6 Å². The zero-order chi connectivity index (χ0) is 14.7. The van der Waals surface area contributed by atoms with E-state index in [1.54, 1.807) is 11.3 Å². The average molecular weight is 303 g/mol. The van der Waals surface area contributed by atoms with Crippen molar-refractivity contribution in [1.82, 2.24) is 9.88 Å². The Hall–Kier alpha value is -1.43. The van der Waals surface area contributed by atoms with Gasteiger partial charge in [-0.1, -0.05) is 41.7 Å². The van der Waals surface area contributed by atoms with Crippen LogP contribution in [0.15, 0.2) is 36.5 Å². The van der Waals surface area contributed by atoms with E-state index in [-0.39, 0.29) is 6.10 Å². The maximum atomic E-state index is 9.45. The molecule has 1 saturated heterocycles. The Morgan fingerprint density at radius 2 is 1.90 bits per heavy atom. The zero-order valence-electron chi connectivity index (χ0n) is 12.3. The molecule has 21 heavy (non-hydrogen) atoms. The van der Waals surface area contributed by atoms with Gasteiger partial charge in [0, 0.05) is 38.9 Å². The highest BCUT2D eigenvalue weighted by Crippen LogP contribution is 2.31. The van der Waals surface area contributed by atoms with Crippen LogP contribution in [0.3, 0.4) is 0 Å². The number of rotatable bonds is 4. The minimum absolute atomic E-state index is 0.249. The summed E-state index contributed by atoms with van der Waals surface area (Å²) in [4.78, 5) is 10.5. The fraction of sp³-hybridized carbons (Fsp3) is 0.438. The molecule has 1 N–H and O–H groups in total. The van der Waals surface area contributed by atoms with E-state index >= 15 is 0 Å². The molecule has 112 valence electrons. The van der Waals surface area contributed by atoms with Gasteiger partial charge in [0.1, 0.15) is 0 Å². The second-order valence-electron chi connectivity index (χ2n) is 5.51. The lowest BCUT2D eigenvalue weighted by Crippen LogP contribution is -2.48. The van der Waals surface area contributed by atoms with Gasteiger partial charge in [0.15, 0.2) is 5.13 Å². The summed E-state index contributed by atoms with van der Waals surface area (Å²) in [6.07, 6.45) is 1.72. The van der Waals surface area contributed by atoms with E-state index in [1.807, 2.05) is 19.2 Å². The van der Waals surface area contributed by atoms with Gasteiger partial charge >= 0.3 is 0 Å². The van der Waals surface area contributed by atoms with E-state index in [2.05, 4.69) is 39.0 Å². The molecule has 2 heterocycles. The molecule has 5 heteroatoms. The third-order valence-electron chi connectivity index (χ3n) is 3.72. The number of hydrogen-bond donors (Lipinski definition) is 1. The van der Waals surface area contributed by atoms with Crippen molar-refractivity contribution in [1.29, 1.82) is 0 Å². The van der Waals surface area contributed by atoms with Gasteiger partial charge in [-0.2, -0.15) is 0 Å². The first-order valence-electron chi connectivity index (χ1n) is 7.39. The number of hydrogen-bond acceptors (Lipinski definition) is 5. The lowest BCUT2D eigenvalue weighted by molar-refractivity contribution is 0.122. The van der Waals surface area contributed by atoms with Crippen LogP contribution in [0.2, 0.25) is 0 Å². The van der Waals surface area contributed by atoms with Gasteiger partial charge in [-0.25, -0.2) is 4.98 Å². The molecule has 1 aliphatic heterocycles. The van der Waals surface area contributed by atoms with Crippen LogP contribution in [0, 0.1) is 0 Å². The highest BCUT2D eigenvalue weighted by molar-refractivity contribution is 7.18. The van der Waals surface area contributed by atoms with Crippen LogP contribution in [-0.2, 0) is 0 Å². The van der Waals surface area contributed by atoms with Crippen LogP contribution >= 0.6 is 11.3 Å². The van der Waals surface area contributed by atoms with Crippen molar-refractivity contribution < 1.29 is 5.11 Å². The molecule has 2 aromatic rings. The summed E-state index contributed by atoms with van der Waals surface area (Å²) < 4.78 is 0. The molecule has 1 aromatic carbocycles. The van der Waals surface area contributed by atoms with Gasteiger partial charge in [0.25, 0.3) is 0 Å². The monoisotopic (exact) mass is 303 g/mol. The summed E-state index contributed by atoms with van der Waals surface area (Å²) in [6.45, 7) is 6.56. The van der Waals surface area contributed by atoms with Gasteiger partial charge in [0.05, 0.1) is 11.0 Å². The Labute approximate surface area is 129 Å². The molecule has 3 rings (SSSR count). The minimum atomic E-state index is -0.249. The number of benzene rings is 1. The van der Waals surface area contributed by atoms with Crippen LogP contribution in [0.4, 0.5) is 5.13 Å². The topological polar surface area (TPSA) is 39.6 Å². The molecule has 1 aliphatic rings. The number of thiazole rings is 1. The van der Waals surface area contributed by atoms with Crippen molar-refractivity contribution in [3.05, 3.63) is 36.5 Å². The van der Waals surface area contributed by atoms with Crippen LogP contribution in [-0.4, -0.2) is 53.8 Å². The quantitative estimate of drug-likeness (QED) is 0.941. The number of piperazine rings is 1. The Balaban J connectivity index is 1.63.